The topological polar surface area (TPSA) is 75.4 Å². The maximum absolute atomic E-state index is 12.3. The zero-order valence-electron chi connectivity index (χ0n) is 13.2. The maximum atomic E-state index is 12.3. The van der Waals surface area contributed by atoms with Gasteiger partial charge in [0.1, 0.15) is 6.04 Å². The van der Waals surface area contributed by atoms with Crippen molar-refractivity contribution in [3.63, 3.8) is 0 Å². The molecule has 1 fully saturated rings. The Kier molecular flexibility index (Phi) is 5.99. The fourth-order valence-corrected chi connectivity index (χ4v) is 2.78. The summed E-state index contributed by atoms with van der Waals surface area (Å²) in [6.07, 6.45) is 2.27. The summed E-state index contributed by atoms with van der Waals surface area (Å²) in [6.45, 7) is 10.2. The minimum Gasteiger partial charge on any atom is -0.353 e. The number of hydrogen-bond donors (Lipinski definition) is 2. The maximum Gasteiger partial charge on any atom is 0.242 e. The number of hydrogen-bond acceptors (Lipinski definition) is 3. The van der Waals surface area contributed by atoms with Gasteiger partial charge in [-0.1, -0.05) is 20.8 Å². The van der Waals surface area contributed by atoms with Crippen LogP contribution in [0.15, 0.2) is 0 Å². The van der Waals surface area contributed by atoms with E-state index in [0.29, 0.717) is 32.0 Å². The molecule has 0 aromatic carbocycles. The molecule has 0 aromatic rings. The van der Waals surface area contributed by atoms with Crippen molar-refractivity contribution in [3.8, 4) is 0 Å². The summed E-state index contributed by atoms with van der Waals surface area (Å²) in [4.78, 5) is 25.6. The highest BCUT2D eigenvalue weighted by atomic mass is 16.2. The van der Waals surface area contributed by atoms with E-state index in [4.69, 9.17) is 5.73 Å². The van der Waals surface area contributed by atoms with Gasteiger partial charge in [-0.15, -0.1) is 0 Å². The fourth-order valence-electron chi connectivity index (χ4n) is 2.78. The molecule has 116 valence electrons. The highest BCUT2D eigenvalue weighted by Crippen LogP contribution is 2.32. The van der Waals surface area contributed by atoms with Gasteiger partial charge in [-0.3, -0.25) is 9.59 Å². The van der Waals surface area contributed by atoms with Gasteiger partial charge in [0.05, 0.1) is 0 Å². The molecule has 0 radical (unpaired) electrons. The molecule has 1 heterocycles. The van der Waals surface area contributed by atoms with Crippen LogP contribution in [0, 0.1) is 11.3 Å². The lowest BCUT2D eigenvalue weighted by molar-refractivity contribution is -0.142. The van der Waals surface area contributed by atoms with E-state index in [1.165, 1.54) is 0 Å². The molecule has 5 nitrogen and oxygen atoms in total. The Morgan fingerprint density at radius 2 is 2.10 bits per heavy atom. The lowest BCUT2D eigenvalue weighted by Gasteiger charge is -2.34. The summed E-state index contributed by atoms with van der Waals surface area (Å²) in [7, 11) is 0. The monoisotopic (exact) mass is 283 g/mol. The predicted octanol–water partition coefficient (Wildman–Crippen LogP) is 1.12. The second-order valence-corrected chi connectivity index (χ2v) is 6.73. The Hall–Kier alpha value is -1.10. The van der Waals surface area contributed by atoms with Crippen molar-refractivity contribution in [1.29, 1.82) is 0 Å². The van der Waals surface area contributed by atoms with Crippen molar-refractivity contribution in [3.05, 3.63) is 0 Å². The van der Waals surface area contributed by atoms with Gasteiger partial charge in [-0.25, -0.2) is 0 Å². The highest BCUT2D eigenvalue weighted by molar-refractivity contribution is 5.88. The Bertz CT molecular complexity index is 350. The predicted molar refractivity (Wildman–Crippen MR) is 80.0 cm³/mol. The van der Waals surface area contributed by atoms with Crippen LogP contribution in [0.1, 0.15) is 47.0 Å². The lowest BCUT2D eigenvalue weighted by Crippen LogP contribution is -2.55. The third-order valence-corrected chi connectivity index (χ3v) is 4.27. The van der Waals surface area contributed by atoms with Crippen molar-refractivity contribution >= 4 is 11.8 Å². The third kappa shape index (κ3) is 4.47. The number of piperazine rings is 1. The van der Waals surface area contributed by atoms with Crippen molar-refractivity contribution in [2.24, 2.45) is 17.1 Å². The molecule has 1 aliphatic heterocycles. The van der Waals surface area contributed by atoms with Crippen LogP contribution in [0.4, 0.5) is 0 Å². The van der Waals surface area contributed by atoms with Crippen LogP contribution in [0.2, 0.25) is 0 Å². The molecule has 2 unspecified atom stereocenters. The second kappa shape index (κ2) is 7.07. The normalized spacial score (nSPS) is 21.6. The van der Waals surface area contributed by atoms with Crippen LogP contribution in [0.25, 0.3) is 0 Å². The molecule has 5 heteroatoms. The SMILES string of the molecule is CC1C(=O)NCCN1C(=O)CCC(CCN)C(C)(C)C. The standard InChI is InChI=1S/C15H29N3O2/c1-11-14(20)17-9-10-18(11)13(19)6-5-12(7-8-16)15(2,3)4/h11-12H,5-10,16H2,1-4H3,(H,17,20). The van der Waals surface area contributed by atoms with E-state index in [0.717, 1.165) is 12.8 Å². The third-order valence-electron chi connectivity index (χ3n) is 4.27. The lowest BCUT2D eigenvalue weighted by atomic mass is 9.76. The molecule has 20 heavy (non-hydrogen) atoms. The summed E-state index contributed by atoms with van der Waals surface area (Å²) in [5, 5.41) is 2.78. The molecule has 2 amide bonds. The van der Waals surface area contributed by atoms with E-state index >= 15 is 0 Å². The number of nitrogens with two attached hydrogens (primary N) is 1. The summed E-state index contributed by atoms with van der Waals surface area (Å²) < 4.78 is 0. The molecule has 1 aliphatic rings. The van der Waals surface area contributed by atoms with Crippen molar-refractivity contribution < 1.29 is 9.59 Å². The van der Waals surface area contributed by atoms with Gasteiger partial charge >= 0.3 is 0 Å². The summed E-state index contributed by atoms with van der Waals surface area (Å²) in [5.41, 5.74) is 5.82. The van der Waals surface area contributed by atoms with Crippen LogP contribution in [0.3, 0.4) is 0 Å². The number of carbonyl (C=O) groups is 2. The molecule has 0 saturated carbocycles. The Labute approximate surface area is 122 Å². The molecule has 0 aromatic heterocycles. The van der Waals surface area contributed by atoms with Gasteiger partial charge in [0.15, 0.2) is 0 Å². The van der Waals surface area contributed by atoms with Gasteiger partial charge in [0, 0.05) is 19.5 Å². The number of nitrogens with zero attached hydrogens (tertiary/aromatic N) is 1. The van der Waals surface area contributed by atoms with Crippen molar-refractivity contribution in [1.82, 2.24) is 10.2 Å². The first-order valence-electron chi connectivity index (χ1n) is 7.54. The molecule has 2 atom stereocenters. The van der Waals surface area contributed by atoms with Crippen molar-refractivity contribution in [2.75, 3.05) is 19.6 Å². The van der Waals surface area contributed by atoms with Crippen LogP contribution in [0.5, 0.6) is 0 Å². The molecule has 0 aliphatic carbocycles. The largest absolute Gasteiger partial charge is 0.353 e. The van der Waals surface area contributed by atoms with Crippen LogP contribution < -0.4 is 11.1 Å². The molecule has 0 spiro atoms. The summed E-state index contributed by atoms with van der Waals surface area (Å²) in [5.74, 6) is 0.461. The minimum absolute atomic E-state index is 0.0565. The molecule has 1 rings (SSSR count). The van der Waals surface area contributed by atoms with E-state index in [-0.39, 0.29) is 23.3 Å². The van der Waals surface area contributed by atoms with E-state index in [1.807, 2.05) is 0 Å². The van der Waals surface area contributed by atoms with Gasteiger partial charge < -0.3 is 16.0 Å². The fraction of sp³-hybridized carbons (Fsp3) is 0.867. The molecule has 1 saturated heterocycles. The number of nitrogens with one attached hydrogen (secondary N) is 1. The van der Waals surface area contributed by atoms with E-state index in [1.54, 1.807) is 11.8 Å². The summed E-state index contributed by atoms with van der Waals surface area (Å²) >= 11 is 0. The molecular weight excluding hydrogens is 254 g/mol. The molecule has 3 N–H and O–H groups in total. The van der Waals surface area contributed by atoms with Crippen molar-refractivity contribution in [2.45, 2.75) is 53.0 Å². The average molecular weight is 283 g/mol. The quantitative estimate of drug-likeness (QED) is 0.794. The van der Waals surface area contributed by atoms with E-state index < -0.39 is 0 Å². The summed E-state index contributed by atoms with van der Waals surface area (Å²) in [6, 6.07) is -0.348. The molecule has 0 bridgehead atoms. The first-order valence-corrected chi connectivity index (χ1v) is 7.54. The Morgan fingerprint density at radius 3 is 2.65 bits per heavy atom. The zero-order chi connectivity index (χ0) is 15.3. The van der Waals surface area contributed by atoms with E-state index in [9.17, 15) is 9.59 Å². The van der Waals surface area contributed by atoms with E-state index in [2.05, 4.69) is 26.1 Å². The Morgan fingerprint density at radius 1 is 1.45 bits per heavy atom. The number of amides is 2. The second-order valence-electron chi connectivity index (χ2n) is 6.73. The molecular formula is C15H29N3O2. The number of rotatable bonds is 5. The minimum atomic E-state index is -0.348. The Balaban J connectivity index is 2.55. The highest BCUT2D eigenvalue weighted by Gasteiger charge is 2.30. The average Bonchev–Trinajstić information content (AvgIpc) is 2.36. The smallest absolute Gasteiger partial charge is 0.242 e. The number of carbonyl (C=O) groups excluding carboxylic acids is 2. The first-order chi connectivity index (χ1) is 9.27. The van der Waals surface area contributed by atoms with Gasteiger partial charge in [-0.2, -0.15) is 0 Å². The van der Waals surface area contributed by atoms with Crippen LogP contribution in [-0.2, 0) is 9.59 Å². The van der Waals surface area contributed by atoms with Gasteiger partial charge in [0.2, 0.25) is 11.8 Å². The van der Waals surface area contributed by atoms with Gasteiger partial charge in [-0.05, 0) is 37.6 Å². The van der Waals surface area contributed by atoms with Gasteiger partial charge in [0.25, 0.3) is 0 Å². The van der Waals surface area contributed by atoms with Crippen LogP contribution in [-0.4, -0.2) is 42.4 Å². The van der Waals surface area contributed by atoms with Crippen LogP contribution >= 0.6 is 0 Å². The zero-order valence-corrected chi connectivity index (χ0v) is 13.2. The first kappa shape index (κ1) is 17.0.